The number of amides is 4. The van der Waals surface area contributed by atoms with Gasteiger partial charge in [-0.25, -0.2) is 4.79 Å². The number of carboxylic acids is 1. The summed E-state index contributed by atoms with van der Waals surface area (Å²) in [5, 5.41) is 21.4. The van der Waals surface area contributed by atoms with E-state index < -0.39 is 65.0 Å². The van der Waals surface area contributed by atoms with Crippen molar-refractivity contribution in [3.63, 3.8) is 0 Å². The first-order valence-corrected chi connectivity index (χ1v) is 15.2. The fraction of sp³-hybridized carbons (Fsp3) is 0.371. The van der Waals surface area contributed by atoms with E-state index in [0.717, 1.165) is 21.9 Å². The minimum Gasteiger partial charge on any atom is -0.480 e. The van der Waals surface area contributed by atoms with Crippen molar-refractivity contribution in [3.05, 3.63) is 83.9 Å². The van der Waals surface area contributed by atoms with Gasteiger partial charge in [-0.3, -0.25) is 24.0 Å². The molecule has 0 saturated heterocycles. The molecule has 0 aliphatic rings. The first-order chi connectivity index (χ1) is 21.7. The zero-order valence-electron chi connectivity index (χ0n) is 26.8. The molecular weight excluding hydrogens is 588 g/mol. The molecule has 0 aromatic heterocycles. The van der Waals surface area contributed by atoms with E-state index in [2.05, 4.69) is 21.3 Å². The molecule has 0 heterocycles. The summed E-state index contributed by atoms with van der Waals surface area (Å²) in [6, 6.07) is 18.8. The lowest BCUT2D eigenvalue weighted by molar-refractivity contribution is -0.147. The van der Waals surface area contributed by atoms with Crippen molar-refractivity contribution < 1.29 is 33.9 Å². The van der Waals surface area contributed by atoms with Gasteiger partial charge in [-0.15, -0.1) is 0 Å². The molecule has 46 heavy (non-hydrogen) atoms. The van der Waals surface area contributed by atoms with Gasteiger partial charge in [0.25, 0.3) is 5.91 Å². The number of hydrogen-bond acceptors (Lipinski definition) is 6. The Hall–Kier alpha value is -5.06. The fourth-order valence-corrected chi connectivity index (χ4v) is 4.85. The molecule has 0 aliphatic carbocycles. The van der Waals surface area contributed by atoms with Gasteiger partial charge in [-0.05, 0) is 48.6 Å². The van der Waals surface area contributed by atoms with Gasteiger partial charge < -0.3 is 26.4 Å². The first kappa shape index (κ1) is 35.4. The highest BCUT2D eigenvalue weighted by atomic mass is 16.4. The first-order valence-electron chi connectivity index (χ1n) is 15.2. The molecule has 244 valence electrons. The number of hydrogen-bond donors (Lipinski definition) is 5. The maximum absolute atomic E-state index is 13.5. The number of rotatable bonds is 15. The highest BCUT2D eigenvalue weighted by molar-refractivity contribution is 6.38. The molecule has 0 radical (unpaired) electrons. The number of ketones is 1. The van der Waals surface area contributed by atoms with Gasteiger partial charge in [0.1, 0.15) is 17.6 Å². The molecule has 0 spiro atoms. The van der Waals surface area contributed by atoms with Crippen molar-refractivity contribution in [1.29, 1.82) is 0 Å². The van der Waals surface area contributed by atoms with E-state index in [-0.39, 0.29) is 12.8 Å². The van der Waals surface area contributed by atoms with Crippen molar-refractivity contribution in [2.24, 2.45) is 5.92 Å². The summed E-state index contributed by atoms with van der Waals surface area (Å²) in [5.74, 6) is -5.63. The Morgan fingerprint density at radius 1 is 0.783 bits per heavy atom. The summed E-state index contributed by atoms with van der Waals surface area (Å²) in [7, 11) is 0. The monoisotopic (exact) mass is 630 g/mol. The number of fused-ring (bicyclic) bond motifs is 1. The van der Waals surface area contributed by atoms with Crippen molar-refractivity contribution in [1.82, 2.24) is 21.3 Å². The van der Waals surface area contributed by atoms with Crippen molar-refractivity contribution in [2.45, 2.75) is 77.5 Å². The molecule has 4 atom stereocenters. The molecule has 11 nitrogen and oxygen atoms in total. The topological polar surface area (TPSA) is 171 Å². The SMILES string of the molecule is CC[C@H](C)[C@H](NC(=O)C(=O)C(C)NC(=O)[C@H](Cc1ccccc1)NC(=O)Cc1cccc2ccccc12)C(=O)NC(C)(C)C(=O)O. The number of benzene rings is 3. The van der Waals surface area contributed by atoms with E-state index in [9.17, 15) is 33.9 Å². The number of carboxylic acid groups (broad SMARTS) is 1. The summed E-state index contributed by atoms with van der Waals surface area (Å²) in [6.45, 7) is 7.41. The highest BCUT2D eigenvalue weighted by Gasteiger charge is 2.36. The maximum Gasteiger partial charge on any atom is 0.328 e. The van der Waals surface area contributed by atoms with Gasteiger partial charge >= 0.3 is 5.97 Å². The minimum absolute atomic E-state index is 0.0224. The summed E-state index contributed by atoms with van der Waals surface area (Å²) >= 11 is 0. The summed E-state index contributed by atoms with van der Waals surface area (Å²) in [5.41, 5.74) is -0.0391. The number of carbonyl (C=O) groups is 6. The summed E-state index contributed by atoms with van der Waals surface area (Å²) in [4.78, 5) is 77.1. The van der Waals surface area contributed by atoms with Crippen LogP contribution in [0.2, 0.25) is 0 Å². The Kier molecular flexibility index (Phi) is 12.2. The third-order valence-electron chi connectivity index (χ3n) is 7.89. The van der Waals surface area contributed by atoms with E-state index in [1.54, 1.807) is 26.0 Å². The quantitative estimate of drug-likeness (QED) is 0.161. The van der Waals surface area contributed by atoms with Crippen LogP contribution >= 0.6 is 0 Å². The van der Waals surface area contributed by atoms with E-state index in [0.29, 0.717) is 6.42 Å². The van der Waals surface area contributed by atoms with Gasteiger partial charge in [0.05, 0.1) is 12.5 Å². The van der Waals surface area contributed by atoms with Gasteiger partial charge in [-0.1, -0.05) is 93.1 Å². The largest absolute Gasteiger partial charge is 0.480 e. The van der Waals surface area contributed by atoms with Crippen molar-refractivity contribution in [2.75, 3.05) is 0 Å². The summed E-state index contributed by atoms with van der Waals surface area (Å²) < 4.78 is 0. The van der Waals surface area contributed by atoms with E-state index >= 15 is 0 Å². The number of nitrogens with one attached hydrogen (secondary N) is 4. The van der Waals surface area contributed by atoms with Crippen LogP contribution in [0.15, 0.2) is 72.8 Å². The molecule has 0 fully saturated rings. The van der Waals surface area contributed by atoms with Crippen LogP contribution in [0.1, 0.15) is 52.2 Å². The average Bonchev–Trinajstić information content (AvgIpc) is 3.02. The molecule has 11 heteroatoms. The third-order valence-corrected chi connectivity index (χ3v) is 7.89. The minimum atomic E-state index is -1.61. The molecule has 3 aromatic rings. The van der Waals surface area contributed by atoms with E-state index in [4.69, 9.17) is 0 Å². The predicted octanol–water partition coefficient (Wildman–Crippen LogP) is 2.69. The van der Waals surface area contributed by atoms with Crippen LogP contribution in [0.25, 0.3) is 10.8 Å². The Balaban J connectivity index is 1.72. The smallest absolute Gasteiger partial charge is 0.328 e. The Morgan fingerprint density at radius 3 is 2.07 bits per heavy atom. The van der Waals surface area contributed by atoms with Gasteiger partial charge in [0.2, 0.25) is 23.5 Å². The van der Waals surface area contributed by atoms with Crippen LogP contribution < -0.4 is 21.3 Å². The zero-order chi connectivity index (χ0) is 34.0. The highest BCUT2D eigenvalue weighted by Crippen LogP contribution is 2.19. The van der Waals surface area contributed by atoms with Crippen molar-refractivity contribution in [3.8, 4) is 0 Å². The van der Waals surface area contributed by atoms with Crippen LogP contribution in [-0.2, 0) is 41.6 Å². The second-order valence-corrected chi connectivity index (χ2v) is 12.0. The average molecular weight is 631 g/mol. The number of aliphatic carboxylic acids is 1. The van der Waals surface area contributed by atoms with Gasteiger partial charge in [-0.2, -0.15) is 0 Å². The molecule has 0 saturated carbocycles. The zero-order valence-corrected chi connectivity index (χ0v) is 26.8. The van der Waals surface area contributed by atoms with E-state index in [1.165, 1.54) is 20.8 Å². The fourth-order valence-electron chi connectivity index (χ4n) is 4.85. The molecule has 3 rings (SSSR count). The Labute approximate surface area is 268 Å². The molecule has 5 N–H and O–H groups in total. The number of Topliss-reactive ketones (excluding diaryl/α,β-unsaturated/α-hetero) is 1. The van der Waals surface area contributed by atoms with Crippen LogP contribution in [-0.4, -0.2) is 64.2 Å². The molecule has 4 amide bonds. The summed E-state index contributed by atoms with van der Waals surface area (Å²) in [6.07, 6.45) is 0.608. The lowest BCUT2D eigenvalue weighted by atomic mass is 9.96. The van der Waals surface area contributed by atoms with Gasteiger partial charge in [0, 0.05) is 6.42 Å². The lowest BCUT2D eigenvalue weighted by Gasteiger charge is -2.28. The van der Waals surface area contributed by atoms with Crippen LogP contribution in [0.4, 0.5) is 0 Å². The maximum atomic E-state index is 13.5. The molecule has 1 unspecified atom stereocenters. The molecule has 0 bridgehead atoms. The molecule has 0 aliphatic heterocycles. The van der Waals surface area contributed by atoms with Crippen molar-refractivity contribution >= 4 is 46.2 Å². The molecular formula is C35H42N4O7. The second-order valence-electron chi connectivity index (χ2n) is 12.0. The van der Waals surface area contributed by atoms with Crippen LogP contribution in [0, 0.1) is 5.92 Å². The Bertz CT molecular complexity index is 1580. The Morgan fingerprint density at radius 2 is 1.41 bits per heavy atom. The van der Waals surface area contributed by atoms with Gasteiger partial charge in [0.15, 0.2) is 0 Å². The lowest BCUT2D eigenvalue weighted by Crippen LogP contribution is -2.60. The van der Waals surface area contributed by atoms with Crippen LogP contribution in [0.3, 0.4) is 0 Å². The molecule has 3 aromatic carbocycles. The standard InChI is InChI=1S/C35H42N4O7/c1-6-21(2)29(32(43)39-35(4,5)34(45)46)38-33(44)30(41)22(3)36-31(42)27(19-23-13-8-7-9-14-23)37-28(40)20-25-17-12-16-24-15-10-11-18-26(24)25/h7-18,21-22,27,29H,6,19-20H2,1-5H3,(H,36,42)(H,37,40)(H,38,44)(H,39,43)(H,45,46)/t21-,22?,27-,29-/m0/s1. The third kappa shape index (κ3) is 9.47. The van der Waals surface area contributed by atoms with E-state index in [1.807, 2.05) is 60.7 Å². The van der Waals surface area contributed by atoms with Crippen LogP contribution in [0.5, 0.6) is 0 Å². The number of carbonyl (C=O) groups excluding carboxylic acids is 5. The normalized spacial score (nSPS) is 13.8. The predicted molar refractivity (Wildman–Crippen MR) is 174 cm³/mol. The second kappa shape index (κ2) is 15.8.